The van der Waals surface area contributed by atoms with Gasteiger partial charge in [0, 0.05) is 5.70 Å². The topological polar surface area (TPSA) is 30.7 Å². The van der Waals surface area contributed by atoms with Crippen LogP contribution in [0.4, 0.5) is 0 Å². The molecule has 1 heterocycles. The van der Waals surface area contributed by atoms with Crippen molar-refractivity contribution in [2.24, 2.45) is 0 Å². The summed E-state index contributed by atoms with van der Waals surface area (Å²) in [6, 6.07) is 0. The van der Waals surface area contributed by atoms with Gasteiger partial charge in [0.15, 0.2) is 5.82 Å². The van der Waals surface area contributed by atoms with Crippen molar-refractivity contribution in [3.05, 3.63) is 24.8 Å². The Bertz CT molecular complexity index is 296. The summed E-state index contributed by atoms with van der Waals surface area (Å²) in [7, 11) is 0. The van der Waals surface area contributed by atoms with Gasteiger partial charge in [-0.25, -0.2) is 0 Å². The minimum Gasteiger partial charge on any atom is -0.287 e. The zero-order valence-electron chi connectivity index (χ0n) is 7.49. The van der Waals surface area contributed by atoms with Crippen LogP contribution < -0.4 is 0 Å². The molecular formula is C9H13N3. The van der Waals surface area contributed by atoms with Gasteiger partial charge in [-0.05, 0) is 19.4 Å². The highest BCUT2D eigenvalue weighted by Gasteiger charge is 2.00. The third-order valence-corrected chi connectivity index (χ3v) is 1.64. The van der Waals surface area contributed by atoms with Gasteiger partial charge in [0.2, 0.25) is 0 Å². The van der Waals surface area contributed by atoms with Crippen molar-refractivity contribution in [2.75, 3.05) is 0 Å². The largest absolute Gasteiger partial charge is 0.287 e. The quantitative estimate of drug-likeness (QED) is 0.683. The van der Waals surface area contributed by atoms with Crippen molar-refractivity contribution in [1.82, 2.24) is 14.8 Å². The molecule has 0 bridgehead atoms. The Morgan fingerprint density at radius 3 is 3.08 bits per heavy atom. The minimum absolute atomic E-state index is 0.837. The predicted octanol–water partition coefficient (Wildman–Crippen LogP) is 2.19. The van der Waals surface area contributed by atoms with Crippen LogP contribution >= 0.6 is 0 Å². The number of nitrogens with zero attached hydrogens (tertiary/aromatic N) is 3. The lowest BCUT2D eigenvalue weighted by Gasteiger charge is -2.03. The Morgan fingerprint density at radius 2 is 2.50 bits per heavy atom. The second-order valence-electron chi connectivity index (χ2n) is 2.48. The van der Waals surface area contributed by atoms with Gasteiger partial charge in [0.1, 0.15) is 6.33 Å². The van der Waals surface area contributed by atoms with Crippen LogP contribution in [0.15, 0.2) is 19.0 Å². The van der Waals surface area contributed by atoms with Crippen molar-refractivity contribution < 1.29 is 0 Å². The number of rotatable bonds is 3. The smallest absolute Gasteiger partial charge is 0.160 e. The van der Waals surface area contributed by atoms with E-state index in [1.165, 1.54) is 0 Å². The monoisotopic (exact) mass is 163 g/mol. The molecule has 0 unspecified atom stereocenters. The summed E-state index contributed by atoms with van der Waals surface area (Å²) in [6.45, 7) is 7.92. The number of aromatic nitrogens is 3. The highest BCUT2D eigenvalue weighted by molar-refractivity contribution is 5.49. The molecule has 3 nitrogen and oxygen atoms in total. The first kappa shape index (κ1) is 8.71. The van der Waals surface area contributed by atoms with Crippen molar-refractivity contribution >= 4 is 11.8 Å². The highest BCUT2D eigenvalue weighted by Crippen LogP contribution is 2.08. The maximum atomic E-state index is 3.94. The molecule has 0 aromatic carbocycles. The van der Waals surface area contributed by atoms with Crippen molar-refractivity contribution in [2.45, 2.75) is 20.3 Å². The third-order valence-electron chi connectivity index (χ3n) is 1.64. The molecule has 0 atom stereocenters. The van der Waals surface area contributed by atoms with Gasteiger partial charge >= 0.3 is 0 Å². The van der Waals surface area contributed by atoms with E-state index in [1.807, 2.05) is 23.6 Å². The Hall–Kier alpha value is -1.38. The summed E-state index contributed by atoms with van der Waals surface area (Å²) in [6.07, 6.45) is 6.43. The fourth-order valence-electron chi connectivity index (χ4n) is 0.921. The van der Waals surface area contributed by atoms with Crippen molar-refractivity contribution in [1.29, 1.82) is 0 Å². The van der Waals surface area contributed by atoms with Gasteiger partial charge in [-0.15, -0.1) is 10.2 Å². The summed E-state index contributed by atoms with van der Waals surface area (Å²) in [5.74, 6) is 0.837. The Balaban J connectivity index is 2.98. The standard InChI is InChI=1S/C9H13N3/c1-4-6-9-11-10-7-12(9)8(3)5-2/h4,6-7H,3,5H2,1-2H3/b6-4-. The molecule has 0 aliphatic rings. The zero-order chi connectivity index (χ0) is 8.97. The lowest BCUT2D eigenvalue weighted by molar-refractivity contribution is 0.995. The molecule has 0 fully saturated rings. The van der Waals surface area contributed by atoms with E-state index in [9.17, 15) is 0 Å². The molecule has 0 saturated heterocycles. The van der Waals surface area contributed by atoms with Gasteiger partial charge in [-0.3, -0.25) is 4.57 Å². The number of hydrogen-bond acceptors (Lipinski definition) is 2. The molecule has 1 rings (SSSR count). The second kappa shape index (κ2) is 3.85. The first-order valence-electron chi connectivity index (χ1n) is 4.00. The molecule has 0 saturated carbocycles. The first-order chi connectivity index (χ1) is 5.79. The molecular weight excluding hydrogens is 150 g/mol. The van der Waals surface area contributed by atoms with Gasteiger partial charge in [0.05, 0.1) is 0 Å². The zero-order valence-corrected chi connectivity index (χ0v) is 7.49. The van der Waals surface area contributed by atoms with Crippen LogP contribution in [0.2, 0.25) is 0 Å². The van der Waals surface area contributed by atoms with Gasteiger partial charge in [-0.2, -0.15) is 0 Å². The molecule has 64 valence electrons. The Kier molecular flexibility index (Phi) is 2.80. The molecule has 1 aromatic heterocycles. The minimum atomic E-state index is 0.837. The van der Waals surface area contributed by atoms with E-state index < -0.39 is 0 Å². The fourth-order valence-corrected chi connectivity index (χ4v) is 0.921. The van der Waals surface area contributed by atoms with Gasteiger partial charge in [-0.1, -0.05) is 19.6 Å². The van der Waals surface area contributed by atoms with Gasteiger partial charge < -0.3 is 0 Å². The van der Waals surface area contributed by atoms with Crippen LogP contribution in [0.3, 0.4) is 0 Å². The molecule has 0 aliphatic heterocycles. The lowest BCUT2D eigenvalue weighted by atomic mass is 10.3. The van der Waals surface area contributed by atoms with E-state index in [-0.39, 0.29) is 0 Å². The molecule has 0 radical (unpaired) electrons. The van der Waals surface area contributed by atoms with Gasteiger partial charge in [0.25, 0.3) is 0 Å². The average molecular weight is 163 g/mol. The van der Waals surface area contributed by atoms with Crippen LogP contribution in [-0.4, -0.2) is 14.8 Å². The molecule has 0 N–H and O–H groups in total. The van der Waals surface area contributed by atoms with E-state index in [0.717, 1.165) is 17.9 Å². The summed E-state index contributed by atoms with van der Waals surface area (Å²) >= 11 is 0. The summed E-state index contributed by atoms with van der Waals surface area (Å²) < 4.78 is 1.89. The summed E-state index contributed by atoms with van der Waals surface area (Å²) in [5.41, 5.74) is 1.01. The van der Waals surface area contributed by atoms with E-state index in [0.29, 0.717) is 0 Å². The van der Waals surface area contributed by atoms with E-state index in [2.05, 4.69) is 23.7 Å². The molecule has 0 spiro atoms. The fraction of sp³-hybridized carbons (Fsp3) is 0.333. The Morgan fingerprint density at radius 1 is 1.75 bits per heavy atom. The normalized spacial score (nSPS) is 10.8. The SMILES string of the molecule is C=C(CC)n1cnnc1/C=C\C. The van der Waals surface area contributed by atoms with Crippen LogP contribution in [0, 0.1) is 0 Å². The van der Waals surface area contributed by atoms with Crippen LogP contribution in [0.5, 0.6) is 0 Å². The molecule has 3 heteroatoms. The summed E-state index contributed by atoms with van der Waals surface area (Å²) in [4.78, 5) is 0. The lowest BCUT2D eigenvalue weighted by Crippen LogP contribution is -1.95. The Labute approximate surface area is 72.4 Å². The van der Waals surface area contributed by atoms with Crippen LogP contribution in [-0.2, 0) is 0 Å². The van der Waals surface area contributed by atoms with E-state index >= 15 is 0 Å². The second-order valence-corrected chi connectivity index (χ2v) is 2.48. The van der Waals surface area contributed by atoms with E-state index in [1.54, 1.807) is 6.33 Å². The van der Waals surface area contributed by atoms with Crippen molar-refractivity contribution in [3.8, 4) is 0 Å². The van der Waals surface area contributed by atoms with Crippen molar-refractivity contribution in [3.63, 3.8) is 0 Å². The number of allylic oxidation sites excluding steroid dienone is 2. The molecule has 1 aromatic rings. The predicted molar refractivity (Wildman–Crippen MR) is 50.4 cm³/mol. The molecule has 0 amide bonds. The average Bonchev–Trinajstić information content (AvgIpc) is 2.52. The first-order valence-corrected chi connectivity index (χ1v) is 4.00. The molecule has 12 heavy (non-hydrogen) atoms. The highest BCUT2D eigenvalue weighted by atomic mass is 15.3. The maximum Gasteiger partial charge on any atom is 0.160 e. The number of hydrogen-bond donors (Lipinski definition) is 0. The maximum absolute atomic E-state index is 3.94. The third kappa shape index (κ3) is 1.61. The summed E-state index contributed by atoms with van der Waals surface area (Å²) in [5, 5.41) is 7.75. The van der Waals surface area contributed by atoms with Crippen LogP contribution in [0.25, 0.3) is 11.8 Å². The van der Waals surface area contributed by atoms with Crippen LogP contribution in [0.1, 0.15) is 26.1 Å². The molecule has 0 aliphatic carbocycles. The van der Waals surface area contributed by atoms with E-state index in [4.69, 9.17) is 0 Å².